The fourth-order valence-corrected chi connectivity index (χ4v) is 0.464. The van der Waals surface area contributed by atoms with Crippen molar-refractivity contribution in [1.82, 2.24) is 5.43 Å². The van der Waals surface area contributed by atoms with Gasteiger partial charge in [-0.2, -0.15) is 5.10 Å². The van der Waals surface area contributed by atoms with E-state index >= 15 is 0 Å². The van der Waals surface area contributed by atoms with Crippen LogP contribution in [0.25, 0.3) is 0 Å². The van der Waals surface area contributed by atoms with Crippen LogP contribution in [0.5, 0.6) is 0 Å². The lowest BCUT2D eigenvalue weighted by molar-refractivity contribution is 0.249. The first kappa shape index (κ1) is 9.97. The van der Waals surface area contributed by atoms with Crippen LogP contribution >= 0.6 is 11.6 Å². The number of nitrogens with one attached hydrogen (secondary N) is 1. The summed E-state index contributed by atoms with van der Waals surface area (Å²) in [6.45, 7) is 3.48. The van der Waals surface area contributed by atoms with Crippen LogP contribution in [0.1, 0.15) is 13.8 Å². The third kappa shape index (κ3) is 4.38. The first-order valence-electron chi connectivity index (χ1n) is 2.95. The standard InChI is InChI=1S/C6H10ClN3O/c1-4(3-7)5(2)9-10-6(8)11/h3H,1-2H3,(H3,8,10,11)/b4-3+,9-5+. The minimum Gasteiger partial charge on any atom is -0.350 e. The van der Waals surface area contributed by atoms with Crippen LogP contribution in [-0.2, 0) is 0 Å². The summed E-state index contributed by atoms with van der Waals surface area (Å²) in [6, 6.07) is -0.688. The highest BCUT2D eigenvalue weighted by Crippen LogP contribution is 1.97. The average Bonchev–Trinajstić information content (AvgIpc) is 1.98. The molecular formula is C6H10ClN3O. The number of hydrogen-bond acceptors (Lipinski definition) is 2. The Morgan fingerprint density at radius 2 is 2.18 bits per heavy atom. The average molecular weight is 176 g/mol. The van der Waals surface area contributed by atoms with Crippen molar-refractivity contribution in [2.45, 2.75) is 13.8 Å². The Hall–Kier alpha value is -1.03. The quantitative estimate of drug-likeness (QED) is 0.480. The Labute approximate surface area is 70.1 Å². The smallest absolute Gasteiger partial charge is 0.332 e. The highest BCUT2D eigenvalue weighted by atomic mass is 35.5. The molecule has 5 heteroatoms. The van der Waals surface area contributed by atoms with Gasteiger partial charge in [0.2, 0.25) is 0 Å². The van der Waals surface area contributed by atoms with Crippen molar-refractivity contribution >= 4 is 23.3 Å². The summed E-state index contributed by atoms with van der Waals surface area (Å²) in [5.74, 6) is 0. The first-order valence-corrected chi connectivity index (χ1v) is 3.38. The minimum absolute atomic E-state index is 0.624. The lowest BCUT2D eigenvalue weighted by Crippen LogP contribution is -2.25. The normalized spacial score (nSPS) is 13.0. The Morgan fingerprint density at radius 1 is 1.64 bits per heavy atom. The van der Waals surface area contributed by atoms with Gasteiger partial charge in [-0.1, -0.05) is 11.6 Å². The van der Waals surface area contributed by atoms with Crippen molar-refractivity contribution in [3.05, 3.63) is 11.1 Å². The summed E-state index contributed by atoms with van der Waals surface area (Å²) >= 11 is 5.38. The Balaban J connectivity index is 4.12. The topological polar surface area (TPSA) is 67.5 Å². The van der Waals surface area contributed by atoms with E-state index in [4.69, 9.17) is 17.3 Å². The van der Waals surface area contributed by atoms with E-state index in [0.29, 0.717) is 5.71 Å². The third-order valence-electron chi connectivity index (χ3n) is 1.07. The van der Waals surface area contributed by atoms with Crippen molar-refractivity contribution in [3.8, 4) is 0 Å². The zero-order valence-electron chi connectivity index (χ0n) is 6.39. The molecule has 0 bridgehead atoms. The lowest BCUT2D eigenvalue weighted by Gasteiger charge is -1.97. The highest BCUT2D eigenvalue weighted by Gasteiger charge is 1.93. The Bertz CT molecular complexity index is 210. The van der Waals surface area contributed by atoms with Crippen molar-refractivity contribution in [2.75, 3.05) is 0 Å². The molecule has 11 heavy (non-hydrogen) atoms. The Morgan fingerprint density at radius 3 is 2.55 bits per heavy atom. The molecule has 2 amide bonds. The van der Waals surface area contributed by atoms with Gasteiger partial charge in [0.1, 0.15) is 0 Å². The molecule has 0 aromatic carbocycles. The van der Waals surface area contributed by atoms with Gasteiger partial charge >= 0.3 is 6.03 Å². The lowest BCUT2D eigenvalue weighted by atomic mass is 10.2. The molecule has 0 radical (unpaired) electrons. The van der Waals surface area contributed by atoms with Crippen LogP contribution < -0.4 is 11.2 Å². The molecule has 0 saturated carbocycles. The summed E-state index contributed by atoms with van der Waals surface area (Å²) in [7, 11) is 0. The zero-order chi connectivity index (χ0) is 8.85. The second-order valence-corrected chi connectivity index (χ2v) is 2.18. The maximum absolute atomic E-state index is 10.2. The molecule has 0 aliphatic carbocycles. The third-order valence-corrected chi connectivity index (χ3v) is 1.40. The number of halogens is 1. The van der Waals surface area contributed by atoms with Gasteiger partial charge in [0.15, 0.2) is 0 Å². The molecule has 0 aromatic rings. The SMILES string of the molecule is CC(=C\Cl)/C(C)=N/NC(N)=O. The summed E-state index contributed by atoms with van der Waals surface area (Å²) in [5, 5.41) is 3.63. The molecule has 0 heterocycles. The number of carbonyl (C=O) groups excluding carboxylic acids is 1. The number of rotatable bonds is 2. The van der Waals surface area contributed by atoms with Gasteiger partial charge in [0.05, 0.1) is 5.71 Å². The number of amides is 2. The number of urea groups is 1. The second kappa shape index (κ2) is 4.73. The number of nitrogens with zero attached hydrogens (tertiary/aromatic N) is 1. The molecule has 0 saturated heterocycles. The number of hydrogen-bond donors (Lipinski definition) is 2. The molecule has 0 fully saturated rings. The molecule has 3 N–H and O–H groups in total. The van der Waals surface area contributed by atoms with Crippen LogP contribution in [0.15, 0.2) is 16.2 Å². The highest BCUT2D eigenvalue weighted by molar-refractivity contribution is 6.27. The molecule has 0 spiro atoms. The van der Waals surface area contributed by atoms with Crippen molar-refractivity contribution < 1.29 is 4.79 Å². The maximum atomic E-state index is 10.2. The van der Waals surface area contributed by atoms with Gasteiger partial charge < -0.3 is 5.73 Å². The molecule has 62 valence electrons. The van der Waals surface area contributed by atoms with E-state index in [2.05, 4.69) is 10.5 Å². The monoisotopic (exact) mass is 175 g/mol. The predicted molar refractivity (Wildman–Crippen MR) is 45.4 cm³/mol. The number of carbonyl (C=O) groups is 1. The molecular weight excluding hydrogens is 166 g/mol. The van der Waals surface area contributed by atoms with Crippen LogP contribution in [0.3, 0.4) is 0 Å². The van der Waals surface area contributed by atoms with Gasteiger partial charge in [-0.05, 0) is 19.4 Å². The summed E-state index contributed by atoms with van der Waals surface area (Å²) in [6.07, 6.45) is 0. The van der Waals surface area contributed by atoms with Crippen molar-refractivity contribution in [1.29, 1.82) is 0 Å². The molecule has 0 rings (SSSR count). The minimum atomic E-state index is -0.688. The first-order chi connectivity index (χ1) is 5.07. The fourth-order valence-electron chi connectivity index (χ4n) is 0.306. The van der Waals surface area contributed by atoms with Crippen LogP contribution in [0.2, 0.25) is 0 Å². The second-order valence-electron chi connectivity index (χ2n) is 1.97. The van der Waals surface area contributed by atoms with E-state index in [1.165, 1.54) is 5.54 Å². The van der Waals surface area contributed by atoms with Crippen LogP contribution in [0.4, 0.5) is 4.79 Å². The van der Waals surface area contributed by atoms with Gasteiger partial charge in [-0.3, -0.25) is 0 Å². The van der Waals surface area contributed by atoms with Gasteiger partial charge in [0.25, 0.3) is 0 Å². The van der Waals surface area contributed by atoms with E-state index in [9.17, 15) is 4.79 Å². The molecule has 0 aliphatic rings. The van der Waals surface area contributed by atoms with E-state index in [1.54, 1.807) is 13.8 Å². The van der Waals surface area contributed by atoms with E-state index in [0.717, 1.165) is 5.57 Å². The number of allylic oxidation sites excluding steroid dienone is 1. The summed E-state index contributed by atoms with van der Waals surface area (Å²) in [5.41, 5.74) is 9.64. The summed E-state index contributed by atoms with van der Waals surface area (Å²) < 4.78 is 0. The molecule has 4 nitrogen and oxygen atoms in total. The fraction of sp³-hybridized carbons (Fsp3) is 0.333. The van der Waals surface area contributed by atoms with Gasteiger partial charge in [-0.25, -0.2) is 10.2 Å². The largest absolute Gasteiger partial charge is 0.350 e. The Kier molecular flexibility index (Phi) is 4.29. The van der Waals surface area contributed by atoms with E-state index in [-0.39, 0.29) is 0 Å². The van der Waals surface area contributed by atoms with Crippen LogP contribution in [-0.4, -0.2) is 11.7 Å². The number of nitrogens with two attached hydrogens (primary N) is 1. The molecule has 0 atom stereocenters. The van der Waals surface area contributed by atoms with Crippen molar-refractivity contribution in [2.24, 2.45) is 10.8 Å². The summed E-state index contributed by atoms with van der Waals surface area (Å²) in [4.78, 5) is 10.2. The maximum Gasteiger partial charge on any atom is 0.332 e. The molecule has 0 aliphatic heterocycles. The molecule has 0 aromatic heterocycles. The molecule has 0 unspecified atom stereocenters. The van der Waals surface area contributed by atoms with Crippen molar-refractivity contribution in [3.63, 3.8) is 0 Å². The van der Waals surface area contributed by atoms with E-state index in [1.807, 2.05) is 0 Å². The number of primary amides is 1. The van der Waals surface area contributed by atoms with Gasteiger partial charge in [-0.15, -0.1) is 0 Å². The van der Waals surface area contributed by atoms with Gasteiger partial charge in [0, 0.05) is 5.54 Å². The van der Waals surface area contributed by atoms with Crippen LogP contribution in [0, 0.1) is 0 Å². The zero-order valence-corrected chi connectivity index (χ0v) is 7.14. The van der Waals surface area contributed by atoms with E-state index < -0.39 is 6.03 Å². The number of hydrazone groups is 1. The predicted octanol–water partition coefficient (Wildman–Crippen LogP) is 1.17.